The summed E-state index contributed by atoms with van der Waals surface area (Å²) in [4.78, 5) is 42.6. The summed E-state index contributed by atoms with van der Waals surface area (Å²) < 4.78 is 26.1. The molecule has 3 heterocycles. The molecule has 4 aliphatic rings. The molecular weight excluding hydrogens is 503 g/mol. The molecular formula is C29H41FN4O5. The van der Waals surface area contributed by atoms with Crippen molar-refractivity contribution in [2.24, 2.45) is 11.7 Å². The average molecular weight is 545 g/mol. The minimum atomic E-state index is -1.09. The van der Waals surface area contributed by atoms with E-state index in [-0.39, 0.29) is 24.3 Å². The highest BCUT2D eigenvalue weighted by Gasteiger charge is 2.52. The molecule has 0 aromatic heterocycles. The Hall–Kier alpha value is -2.72. The van der Waals surface area contributed by atoms with Crippen molar-refractivity contribution in [3.63, 3.8) is 0 Å². The van der Waals surface area contributed by atoms with Crippen LogP contribution in [0.3, 0.4) is 0 Å². The molecule has 4 atom stereocenters. The molecule has 0 radical (unpaired) electrons. The van der Waals surface area contributed by atoms with Gasteiger partial charge in [0.05, 0.1) is 19.3 Å². The van der Waals surface area contributed by atoms with Gasteiger partial charge in [0.15, 0.2) is 0 Å². The minimum Gasteiger partial charge on any atom is -0.444 e. The van der Waals surface area contributed by atoms with Gasteiger partial charge in [0.25, 0.3) is 0 Å². The van der Waals surface area contributed by atoms with Crippen LogP contribution in [0.2, 0.25) is 0 Å². The lowest BCUT2D eigenvalue weighted by atomic mass is 9.87. The third-order valence-electron chi connectivity index (χ3n) is 8.76. The number of amides is 3. The number of primary amides is 1. The molecule has 9 nitrogen and oxygen atoms in total. The lowest BCUT2D eigenvalue weighted by molar-refractivity contribution is -0.132. The monoisotopic (exact) mass is 544 g/mol. The Morgan fingerprint density at radius 2 is 1.85 bits per heavy atom. The third kappa shape index (κ3) is 6.06. The van der Waals surface area contributed by atoms with Gasteiger partial charge in [-0.15, -0.1) is 0 Å². The van der Waals surface area contributed by atoms with Gasteiger partial charge in [0, 0.05) is 12.5 Å². The van der Waals surface area contributed by atoms with E-state index in [4.69, 9.17) is 15.2 Å². The van der Waals surface area contributed by atoms with E-state index in [0.717, 1.165) is 64.0 Å². The maximum atomic E-state index is 15.2. The quantitative estimate of drug-likeness (QED) is 0.546. The Morgan fingerprint density at radius 1 is 1.13 bits per heavy atom. The summed E-state index contributed by atoms with van der Waals surface area (Å²) in [5.41, 5.74) is 6.23. The Labute approximate surface area is 229 Å². The van der Waals surface area contributed by atoms with Crippen LogP contribution in [0.4, 0.5) is 9.18 Å². The van der Waals surface area contributed by atoms with Gasteiger partial charge in [-0.1, -0.05) is 12.1 Å². The molecule has 3 amide bonds. The normalized spacial score (nSPS) is 26.8. The number of benzene rings is 1. The predicted octanol–water partition coefficient (Wildman–Crippen LogP) is 2.70. The Morgan fingerprint density at radius 3 is 2.44 bits per heavy atom. The second-order valence-corrected chi connectivity index (χ2v) is 12.6. The van der Waals surface area contributed by atoms with Crippen LogP contribution in [0.1, 0.15) is 69.9 Å². The number of nitrogens with two attached hydrogens (primary N) is 1. The largest absolute Gasteiger partial charge is 0.444 e. The van der Waals surface area contributed by atoms with Crippen LogP contribution in [0, 0.1) is 11.7 Å². The Balaban J connectivity index is 1.22. The van der Waals surface area contributed by atoms with Crippen molar-refractivity contribution in [1.29, 1.82) is 0 Å². The van der Waals surface area contributed by atoms with E-state index in [1.807, 2.05) is 6.07 Å². The van der Waals surface area contributed by atoms with Gasteiger partial charge >= 0.3 is 6.09 Å². The highest BCUT2D eigenvalue weighted by molar-refractivity contribution is 5.91. The molecule has 0 unspecified atom stereocenters. The van der Waals surface area contributed by atoms with Crippen LogP contribution >= 0.6 is 0 Å². The second kappa shape index (κ2) is 11.0. The van der Waals surface area contributed by atoms with E-state index in [0.29, 0.717) is 11.6 Å². The SMILES string of the molecule is CC(C)(C)OC(=O)N1[C@@H]2CC[C@@H](C2)[C@H]1C(=O)N[C@@H](Cc1ccc(C2CCN(C3COC3)CC2)cc1F)C(N)=O. The van der Waals surface area contributed by atoms with Gasteiger partial charge in [0.2, 0.25) is 11.8 Å². The number of nitrogens with one attached hydrogen (secondary N) is 1. The van der Waals surface area contributed by atoms with E-state index >= 15 is 4.39 Å². The van der Waals surface area contributed by atoms with Crippen molar-refractivity contribution in [3.05, 3.63) is 35.1 Å². The summed E-state index contributed by atoms with van der Waals surface area (Å²) in [6.45, 7) is 8.89. The molecule has 3 N–H and O–H groups in total. The van der Waals surface area contributed by atoms with Crippen LogP contribution in [0.5, 0.6) is 0 Å². The van der Waals surface area contributed by atoms with Crippen LogP contribution in [0.25, 0.3) is 0 Å². The fraction of sp³-hybridized carbons (Fsp3) is 0.690. The first-order valence-corrected chi connectivity index (χ1v) is 14.2. The first-order chi connectivity index (χ1) is 18.5. The zero-order chi connectivity index (χ0) is 27.9. The molecule has 3 aliphatic heterocycles. The fourth-order valence-electron chi connectivity index (χ4n) is 6.62. The minimum absolute atomic E-state index is 0.00435. The number of carbonyl (C=O) groups excluding carboxylic acids is 3. The van der Waals surface area contributed by atoms with Crippen LogP contribution in [0.15, 0.2) is 18.2 Å². The summed E-state index contributed by atoms with van der Waals surface area (Å²) in [6.07, 6.45) is 3.72. The maximum absolute atomic E-state index is 15.2. The van der Waals surface area contributed by atoms with Crippen molar-refractivity contribution in [2.45, 2.75) is 95.0 Å². The lowest BCUT2D eigenvalue weighted by Gasteiger charge is -2.41. The van der Waals surface area contributed by atoms with Crippen molar-refractivity contribution >= 4 is 17.9 Å². The molecule has 2 bridgehead atoms. The summed E-state index contributed by atoms with van der Waals surface area (Å²) in [6, 6.07) is 3.81. The molecule has 0 spiro atoms. The smallest absolute Gasteiger partial charge is 0.411 e. The summed E-state index contributed by atoms with van der Waals surface area (Å²) >= 11 is 0. The molecule has 5 rings (SSSR count). The van der Waals surface area contributed by atoms with E-state index in [2.05, 4.69) is 10.2 Å². The number of ether oxygens (including phenoxy) is 2. The lowest BCUT2D eigenvalue weighted by Crippen LogP contribution is -2.57. The van der Waals surface area contributed by atoms with Gasteiger partial charge in [-0.25, -0.2) is 9.18 Å². The van der Waals surface area contributed by atoms with Gasteiger partial charge < -0.3 is 20.5 Å². The molecule has 1 aromatic carbocycles. The number of rotatable bonds is 7. The fourth-order valence-corrected chi connectivity index (χ4v) is 6.62. The predicted molar refractivity (Wildman–Crippen MR) is 142 cm³/mol. The second-order valence-electron chi connectivity index (χ2n) is 12.6. The molecule has 1 saturated carbocycles. The highest BCUT2D eigenvalue weighted by Crippen LogP contribution is 2.43. The van der Waals surface area contributed by atoms with Gasteiger partial charge in [-0.2, -0.15) is 0 Å². The molecule has 4 fully saturated rings. The van der Waals surface area contributed by atoms with E-state index < -0.39 is 41.4 Å². The number of piperidine rings is 2. The van der Waals surface area contributed by atoms with Crippen LogP contribution in [-0.4, -0.2) is 83.8 Å². The average Bonchev–Trinajstić information content (AvgIpc) is 3.45. The van der Waals surface area contributed by atoms with E-state index in [1.54, 1.807) is 32.9 Å². The zero-order valence-corrected chi connectivity index (χ0v) is 23.2. The molecule has 1 aliphatic carbocycles. The summed E-state index contributed by atoms with van der Waals surface area (Å²) in [5.74, 6) is -1.31. The molecule has 1 aromatic rings. The number of hydrogen-bond acceptors (Lipinski definition) is 6. The van der Waals surface area contributed by atoms with Crippen molar-refractivity contribution in [2.75, 3.05) is 26.3 Å². The van der Waals surface area contributed by atoms with Gasteiger partial charge in [0.1, 0.15) is 23.5 Å². The van der Waals surface area contributed by atoms with Crippen molar-refractivity contribution in [3.8, 4) is 0 Å². The number of likely N-dealkylation sites (tertiary alicyclic amines) is 2. The number of fused-ring (bicyclic) bond motifs is 2. The number of halogens is 1. The maximum Gasteiger partial charge on any atom is 0.411 e. The van der Waals surface area contributed by atoms with Crippen molar-refractivity contribution in [1.82, 2.24) is 15.1 Å². The summed E-state index contributed by atoms with van der Waals surface area (Å²) in [7, 11) is 0. The number of nitrogens with zero attached hydrogens (tertiary/aromatic N) is 2. The highest BCUT2D eigenvalue weighted by atomic mass is 19.1. The van der Waals surface area contributed by atoms with Crippen LogP contribution < -0.4 is 11.1 Å². The van der Waals surface area contributed by atoms with Gasteiger partial charge in [-0.3, -0.25) is 19.4 Å². The molecule has 214 valence electrons. The number of carbonyl (C=O) groups is 3. The third-order valence-corrected chi connectivity index (χ3v) is 8.76. The standard InChI is InChI=1S/C29H41FN4O5/c1-29(2,3)39-28(37)34-21-7-6-20(12-21)25(34)27(36)32-24(26(31)35)14-19-5-4-18(13-23(19)30)17-8-10-33(11-9-17)22-15-38-16-22/h4-5,13,17,20-22,24-25H,6-12,14-16H2,1-3H3,(H2,31,35)(H,32,36)/t20-,21+,24-,25-/m0/s1. The zero-order valence-electron chi connectivity index (χ0n) is 23.2. The topological polar surface area (TPSA) is 114 Å². The number of hydrogen-bond donors (Lipinski definition) is 2. The Bertz CT molecular complexity index is 1100. The molecule has 3 saturated heterocycles. The molecule has 39 heavy (non-hydrogen) atoms. The van der Waals surface area contributed by atoms with E-state index in [9.17, 15) is 14.4 Å². The first kappa shape index (κ1) is 27.8. The van der Waals surface area contributed by atoms with Crippen molar-refractivity contribution < 1.29 is 28.2 Å². The Kier molecular flexibility index (Phi) is 7.88. The van der Waals surface area contributed by atoms with E-state index in [1.165, 1.54) is 4.90 Å². The van der Waals surface area contributed by atoms with Crippen LogP contribution in [-0.2, 0) is 25.5 Å². The first-order valence-electron chi connectivity index (χ1n) is 14.2. The molecule has 10 heteroatoms. The summed E-state index contributed by atoms with van der Waals surface area (Å²) in [5, 5.41) is 2.73. The van der Waals surface area contributed by atoms with Gasteiger partial charge in [-0.05, 0) is 95.0 Å².